The molecule has 1 unspecified atom stereocenters. The lowest BCUT2D eigenvalue weighted by Crippen LogP contribution is -2.02. The molecule has 0 saturated heterocycles. The normalized spacial score (nSPS) is 26.7. The third-order valence-electron chi connectivity index (χ3n) is 2.97. The largest absolute Gasteiger partial charge is 0.0814 e. The molecule has 0 radical (unpaired) electrons. The molecule has 0 aromatic rings. The zero-order valence-corrected chi connectivity index (χ0v) is 9.09. The molecule has 74 valence electrons. The molecule has 1 atom stereocenters. The van der Waals surface area contributed by atoms with Crippen molar-refractivity contribution in [1.82, 2.24) is 0 Å². The summed E-state index contributed by atoms with van der Waals surface area (Å²) in [6, 6.07) is 0. The van der Waals surface area contributed by atoms with Crippen LogP contribution in [0.3, 0.4) is 0 Å². The van der Waals surface area contributed by atoms with Crippen molar-refractivity contribution in [2.45, 2.75) is 33.1 Å². The topological polar surface area (TPSA) is 0 Å². The van der Waals surface area contributed by atoms with Gasteiger partial charge in [0.15, 0.2) is 0 Å². The molecule has 0 aliphatic heterocycles. The lowest BCUT2D eigenvalue weighted by molar-refractivity contribution is 0.703. The minimum Gasteiger partial charge on any atom is -0.0814 e. The Labute approximate surface area is 86.7 Å². The summed E-state index contributed by atoms with van der Waals surface area (Å²) in [7, 11) is 0. The summed E-state index contributed by atoms with van der Waals surface area (Å²) in [5.41, 5.74) is 4.53. The molecule has 0 aromatic heterocycles. The first-order valence-electron chi connectivity index (χ1n) is 5.51. The smallest absolute Gasteiger partial charge is 0.0215 e. The SMILES string of the molecule is CC1=CCCC(C2=CC=CC(C)C2)=C1. The molecular weight excluding hydrogens is 168 g/mol. The second-order valence-corrected chi connectivity index (χ2v) is 4.41. The number of rotatable bonds is 1. The van der Waals surface area contributed by atoms with E-state index >= 15 is 0 Å². The average molecular weight is 186 g/mol. The van der Waals surface area contributed by atoms with Crippen LogP contribution in [-0.4, -0.2) is 0 Å². The molecule has 2 aliphatic carbocycles. The van der Waals surface area contributed by atoms with Crippen molar-refractivity contribution in [3.8, 4) is 0 Å². The van der Waals surface area contributed by atoms with Crippen LogP contribution in [-0.2, 0) is 0 Å². The predicted octanol–water partition coefficient (Wildman–Crippen LogP) is 4.18. The number of allylic oxidation sites excluding steroid dienone is 8. The van der Waals surface area contributed by atoms with Gasteiger partial charge in [0, 0.05) is 0 Å². The van der Waals surface area contributed by atoms with Crippen LogP contribution in [0.2, 0.25) is 0 Å². The van der Waals surface area contributed by atoms with Crippen LogP contribution in [0.4, 0.5) is 0 Å². The first-order chi connectivity index (χ1) is 6.75. The van der Waals surface area contributed by atoms with Gasteiger partial charge in [-0.25, -0.2) is 0 Å². The van der Waals surface area contributed by atoms with E-state index in [-0.39, 0.29) is 0 Å². The maximum Gasteiger partial charge on any atom is -0.0215 e. The first kappa shape index (κ1) is 9.51. The fourth-order valence-corrected chi connectivity index (χ4v) is 2.20. The summed E-state index contributed by atoms with van der Waals surface area (Å²) in [6.07, 6.45) is 15.1. The second-order valence-electron chi connectivity index (χ2n) is 4.41. The van der Waals surface area contributed by atoms with Gasteiger partial charge in [-0.15, -0.1) is 0 Å². The van der Waals surface area contributed by atoms with Gasteiger partial charge in [0.25, 0.3) is 0 Å². The highest BCUT2D eigenvalue weighted by Gasteiger charge is 2.12. The van der Waals surface area contributed by atoms with Crippen LogP contribution in [0.1, 0.15) is 33.1 Å². The monoisotopic (exact) mass is 186 g/mol. The van der Waals surface area contributed by atoms with E-state index < -0.39 is 0 Å². The van der Waals surface area contributed by atoms with Gasteiger partial charge in [-0.1, -0.05) is 42.9 Å². The van der Waals surface area contributed by atoms with E-state index in [4.69, 9.17) is 0 Å². The fraction of sp³-hybridized carbons (Fsp3) is 0.429. The zero-order valence-electron chi connectivity index (χ0n) is 9.09. The van der Waals surface area contributed by atoms with E-state index in [1.165, 1.54) is 24.8 Å². The molecule has 0 N–H and O–H groups in total. The maximum atomic E-state index is 2.35. The Morgan fingerprint density at radius 1 is 1.29 bits per heavy atom. The maximum absolute atomic E-state index is 2.35. The van der Waals surface area contributed by atoms with E-state index in [9.17, 15) is 0 Å². The molecule has 2 rings (SSSR count). The molecular formula is C14H18. The van der Waals surface area contributed by atoms with Gasteiger partial charge in [0.1, 0.15) is 0 Å². The second kappa shape index (κ2) is 4.00. The van der Waals surface area contributed by atoms with E-state index in [1.807, 2.05) is 0 Å². The van der Waals surface area contributed by atoms with Crippen LogP contribution < -0.4 is 0 Å². The Morgan fingerprint density at radius 3 is 2.86 bits per heavy atom. The molecule has 0 spiro atoms. The number of hydrogen-bond donors (Lipinski definition) is 0. The molecule has 0 amide bonds. The molecule has 0 saturated carbocycles. The van der Waals surface area contributed by atoms with Crippen molar-refractivity contribution in [2.75, 3.05) is 0 Å². The molecule has 2 aliphatic rings. The van der Waals surface area contributed by atoms with Gasteiger partial charge in [-0.2, -0.15) is 0 Å². The summed E-state index contributed by atoms with van der Waals surface area (Å²) >= 11 is 0. The highest BCUT2D eigenvalue weighted by molar-refractivity contribution is 5.42. The van der Waals surface area contributed by atoms with Crippen LogP contribution >= 0.6 is 0 Å². The lowest BCUT2D eigenvalue weighted by Gasteiger charge is -2.19. The van der Waals surface area contributed by atoms with Gasteiger partial charge >= 0.3 is 0 Å². The Balaban J connectivity index is 2.19. The molecule has 0 nitrogen and oxygen atoms in total. The van der Waals surface area contributed by atoms with E-state index in [0.29, 0.717) is 5.92 Å². The highest BCUT2D eigenvalue weighted by atomic mass is 14.2. The van der Waals surface area contributed by atoms with Crippen LogP contribution in [0.5, 0.6) is 0 Å². The minimum atomic E-state index is 0.710. The van der Waals surface area contributed by atoms with Gasteiger partial charge in [0.05, 0.1) is 0 Å². The third-order valence-corrected chi connectivity index (χ3v) is 2.97. The highest BCUT2D eigenvalue weighted by Crippen LogP contribution is 2.30. The molecule has 0 bridgehead atoms. The summed E-state index contributed by atoms with van der Waals surface area (Å²) in [4.78, 5) is 0. The predicted molar refractivity (Wildman–Crippen MR) is 62.1 cm³/mol. The quantitative estimate of drug-likeness (QED) is 0.576. The Hall–Kier alpha value is -1.04. The lowest BCUT2D eigenvalue weighted by atomic mass is 9.86. The van der Waals surface area contributed by atoms with Crippen LogP contribution in [0.15, 0.2) is 47.1 Å². The van der Waals surface area contributed by atoms with Crippen LogP contribution in [0, 0.1) is 5.92 Å². The minimum absolute atomic E-state index is 0.710. The van der Waals surface area contributed by atoms with Gasteiger partial charge < -0.3 is 0 Å². The summed E-state index contributed by atoms with van der Waals surface area (Å²) in [6.45, 7) is 4.48. The van der Waals surface area contributed by atoms with Crippen molar-refractivity contribution >= 4 is 0 Å². The van der Waals surface area contributed by atoms with Crippen molar-refractivity contribution in [2.24, 2.45) is 5.92 Å². The van der Waals surface area contributed by atoms with E-state index in [0.717, 1.165) is 0 Å². The third kappa shape index (κ3) is 2.06. The van der Waals surface area contributed by atoms with Crippen molar-refractivity contribution in [1.29, 1.82) is 0 Å². The molecule has 14 heavy (non-hydrogen) atoms. The summed E-state index contributed by atoms with van der Waals surface area (Å²) < 4.78 is 0. The fourth-order valence-electron chi connectivity index (χ4n) is 2.20. The van der Waals surface area contributed by atoms with Gasteiger partial charge in [0.2, 0.25) is 0 Å². The van der Waals surface area contributed by atoms with Crippen molar-refractivity contribution in [3.05, 3.63) is 47.1 Å². The zero-order chi connectivity index (χ0) is 9.97. The molecule has 0 fully saturated rings. The standard InChI is InChI=1S/C14H18/c1-11-5-3-7-13(9-11)14-8-4-6-12(2)10-14/h3,5-7,10-11H,4,8-9H2,1-2H3. The molecule has 0 heteroatoms. The molecule has 0 heterocycles. The summed E-state index contributed by atoms with van der Waals surface area (Å²) in [5, 5.41) is 0. The first-order valence-corrected chi connectivity index (χ1v) is 5.51. The number of hydrogen-bond acceptors (Lipinski definition) is 0. The van der Waals surface area contributed by atoms with E-state index in [2.05, 4.69) is 44.2 Å². The van der Waals surface area contributed by atoms with Crippen molar-refractivity contribution in [3.63, 3.8) is 0 Å². The van der Waals surface area contributed by atoms with Gasteiger partial charge in [-0.05, 0) is 43.3 Å². The van der Waals surface area contributed by atoms with Gasteiger partial charge in [-0.3, -0.25) is 0 Å². The Bertz CT molecular complexity index is 337. The average Bonchev–Trinajstić information content (AvgIpc) is 2.18. The van der Waals surface area contributed by atoms with Crippen LogP contribution in [0.25, 0.3) is 0 Å². The van der Waals surface area contributed by atoms with E-state index in [1.54, 1.807) is 11.1 Å². The molecule has 0 aromatic carbocycles. The summed E-state index contributed by atoms with van der Waals surface area (Å²) in [5.74, 6) is 0.710. The Morgan fingerprint density at radius 2 is 2.14 bits per heavy atom. The Kier molecular flexibility index (Phi) is 2.72. The van der Waals surface area contributed by atoms with Crippen molar-refractivity contribution < 1.29 is 0 Å².